The first-order chi connectivity index (χ1) is 52.5. The molecule has 0 aromatic heterocycles. The van der Waals surface area contributed by atoms with E-state index in [4.69, 9.17) is 66.3 Å². The lowest BCUT2D eigenvalue weighted by molar-refractivity contribution is -0.409. The Morgan fingerprint density at radius 2 is 0.821 bits per heavy atom. The van der Waals surface area contributed by atoms with Crippen LogP contribution in [0.15, 0.2) is 0 Å². The quantitative estimate of drug-likeness (QED) is 0.0280. The van der Waals surface area contributed by atoms with E-state index in [0.717, 1.165) is 27.7 Å². The Hall–Kier alpha value is -4.70. The average molecular weight is 1640 g/mol. The zero-order chi connectivity index (χ0) is 83.8. The molecule has 112 heavy (non-hydrogen) atoms. The number of nitrogens with one attached hydrogen (secondary N) is 4. The molecule has 0 bridgehead atoms. The normalized spacial score (nSPS) is 42.9. The van der Waals surface area contributed by atoms with Gasteiger partial charge in [0.15, 0.2) is 31.5 Å². The highest BCUT2D eigenvalue weighted by Crippen LogP contribution is 2.43. The SMILES string of the molecule is CC(=O)N[C@H]1[C@H](O[C@H]2[C@@H](O)[C@@H](CO)O[C@@H](O[C@@H]([C@@H](O)[C@H](O)CO[C@]3(C(=O)O)C[C@H](O)[C@@H](NC(C)=O)[C@H]([C@H](O)[C@H](O)CO)O3)[C@H](CO)NC(C)=O)[C@@H]2O)O[C@H](CO)[C@@H](O[C@@H]2O[C@H](CO)[C@H](O[C@@H]3O[C@H](CO)[C@H](O)[C@H](O)[C@H]3O)[C@H](O[C@]3(C(=O)O)C[C@H](O)[C@@H](NC(C)=O)[C@H]([C@H](O)[C@H](O)CO)O3)[C@H]2O)[C@@H]1O[C@@H]1O[C@@H](C)[C@@H](O)[C@@H](O)[C@@H]1O. The molecule has 50 nitrogen and oxygen atoms in total. The van der Waals surface area contributed by atoms with Crippen molar-refractivity contribution in [1.82, 2.24) is 21.3 Å². The number of carboxylic acids is 2. The highest BCUT2D eigenvalue weighted by Gasteiger charge is 2.64. The molecule has 0 unspecified atom stereocenters. The van der Waals surface area contributed by atoms with Crippen molar-refractivity contribution in [2.45, 2.75) is 298 Å². The van der Waals surface area contributed by atoms with Crippen LogP contribution in [-0.2, 0) is 95.1 Å². The standard InChI is InChI=1S/C62H104N4O46/c1-16-34(83)40(89)42(91)55(100-16)108-51-33(66-20(5)77)54(109-52-39(88)28(12-71)102-57(44(52)93)105-46(21(8-67)63-17(2)74)37(86)26(82)15-99-61(59(95)96)6-22(78)31(64-18(3)75)49(110-61)35(84)24(80)9-68)103-29(13-72)47(51)106-58-45(94)53(48(30(14-73)104-58)107-56-43(92)41(90)38(87)27(11-70)101-56)112-62(60(97)98)7-23(79)32(65-19(4)76)50(111-62)36(85)25(81)10-69/h16,21-58,67-73,78-94H,6-15H2,1-5H3,(H,63,74)(H,64,75)(H,65,76)(H,66,77)(H,95,96)(H,97,98)/t16-,21-,22-,23-,24+,25+,26+,27+,28+,29+,30+,31+,32+,33+,34+,35+,36+,37-,38-,39-,40+,41-,42-,43+,44+,45+,46+,47+,48-,49+,50+,51+,52-,53+,54-,55-,56-,57-,58-,61+,62-/m0/s1. The van der Waals surface area contributed by atoms with E-state index < -0.39 is 352 Å². The Morgan fingerprint density at radius 1 is 0.420 bits per heavy atom. The van der Waals surface area contributed by atoms with Crippen LogP contribution in [0, 0.1) is 0 Å². The van der Waals surface area contributed by atoms with Gasteiger partial charge in [-0.05, 0) is 6.92 Å². The zero-order valence-corrected chi connectivity index (χ0v) is 60.4. The van der Waals surface area contributed by atoms with Crippen LogP contribution in [0.2, 0.25) is 0 Å². The number of ether oxygens (including phenoxy) is 14. The monoisotopic (exact) mass is 1640 g/mol. The van der Waals surface area contributed by atoms with Gasteiger partial charge in [0.05, 0.1) is 89.3 Å². The van der Waals surface area contributed by atoms with Crippen molar-refractivity contribution >= 4 is 35.6 Å². The van der Waals surface area contributed by atoms with E-state index in [1.807, 2.05) is 0 Å². The molecule has 7 heterocycles. The van der Waals surface area contributed by atoms with Crippen molar-refractivity contribution in [3.63, 3.8) is 0 Å². The van der Waals surface area contributed by atoms with E-state index >= 15 is 0 Å². The summed E-state index contributed by atoms with van der Waals surface area (Å²) in [5.41, 5.74) is 0. The lowest BCUT2D eigenvalue weighted by Crippen LogP contribution is -2.72. The smallest absolute Gasteiger partial charge is 0.364 e. The number of carbonyl (C=O) groups is 6. The number of rotatable bonds is 35. The number of hydrogen-bond acceptors (Lipinski definition) is 44. The number of hydrogen-bond donors (Lipinski definition) is 30. The van der Waals surface area contributed by atoms with Crippen molar-refractivity contribution in [3.05, 3.63) is 0 Å². The largest absolute Gasteiger partial charge is 0.477 e. The molecule has 0 aromatic rings. The first-order valence-corrected chi connectivity index (χ1v) is 35.2. The fraction of sp³-hybridized carbons (Fsp3) is 0.903. The minimum Gasteiger partial charge on any atom is -0.477 e. The van der Waals surface area contributed by atoms with E-state index in [2.05, 4.69) is 21.3 Å². The Bertz CT molecular complexity index is 3040. The third kappa shape index (κ3) is 21.2. The van der Waals surface area contributed by atoms with Crippen LogP contribution in [0.3, 0.4) is 0 Å². The highest BCUT2D eigenvalue weighted by atomic mass is 16.8. The Morgan fingerprint density at radius 3 is 1.29 bits per heavy atom. The van der Waals surface area contributed by atoms with E-state index in [0.29, 0.717) is 0 Å². The molecule has 0 radical (unpaired) electrons. The molecule has 0 aliphatic carbocycles. The number of amides is 4. The molecular formula is C62H104N4O46. The van der Waals surface area contributed by atoms with Gasteiger partial charge >= 0.3 is 11.9 Å². The molecule has 7 rings (SSSR count). The van der Waals surface area contributed by atoms with Crippen LogP contribution < -0.4 is 21.3 Å². The highest BCUT2D eigenvalue weighted by molar-refractivity contribution is 5.78. The van der Waals surface area contributed by atoms with Crippen LogP contribution in [0.25, 0.3) is 0 Å². The molecule has 7 aliphatic rings. The Labute approximate surface area is 633 Å². The lowest BCUT2D eigenvalue weighted by Gasteiger charge is -2.53. The molecule has 30 N–H and O–H groups in total. The average Bonchev–Trinajstić information content (AvgIpc) is 0.750. The van der Waals surface area contributed by atoms with E-state index in [-0.39, 0.29) is 0 Å². The van der Waals surface area contributed by atoms with Crippen molar-refractivity contribution in [2.75, 3.05) is 52.9 Å². The van der Waals surface area contributed by atoms with Crippen molar-refractivity contribution in [1.29, 1.82) is 0 Å². The topological polar surface area (TPSA) is 806 Å². The molecule has 0 aromatic carbocycles. The van der Waals surface area contributed by atoms with Gasteiger partial charge in [-0.1, -0.05) is 0 Å². The van der Waals surface area contributed by atoms with Gasteiger partial charge in [0, 0.05) is 40.5 Å². The second kappa shape index (κ2) is 40.6. The molecular weight excluding hydrogens is 1540 g/mol. The van der Waals surface area contributed by atoms with Crippen LogP contribution in [-0.4, -0.2) is 472 Å². The van der Waals surface area contributed by atoms with Gasteiger partial charge in [-0.3, -0.25) is 19.2 Å². The third-order valence-electron chi connectivity index (χ3n) is 19.8. The van der Waals surface area contributed by atoms with Gasteiger partial charge in [-0.15, -0.1) is 0 Å². The lowest BCUT2D eigenvalue weighted by atomic mass is 9.88. The summed E-state index contributed by atoms with van der Waals surface area (Å²) in [5.74, 6) is -15.0. The Kier molecular flexibility index (Phi) is 34.3. The van der Waals surface area contributed by atoms with Crippen LogP contribution in [0.1, 0.15) is 47.5 Å². The van der Waals surface area contributed by atoms with E-state index in [1.54, 1.807) is 0 Å². The first kappa shape index (κ1) is 94.5. The molecule has 648 valence electrons. The molecule has 4 amide bonds. The van der Waals surface area contributed by atoms with Crippen molar-refractivity contribution in [3.8, 4) is 0 Å². The third-order valence-corrected chi connectivity index (χ3v) is 19.8. The minimum absolute atomic E-state index is 0.840. The summed E-state index contributed by atoms with van der Waals surface area (Å²) >= 11 is 0. The summed E-state index contributed by atoms with van der Waals surface area (Å²) in [6.07, 6.45) is -82.3. The molecule has 7 fully saturated rings. The predicted molar refractivity (Wildman–Crippen MR) is 346 cm³/mol. The molecule has 50 heteroatoms. The molecule has 0 saturated carbocycles. The molecule has 7 aliphatic heterocycles. The minimum atomic E-state index is -3.51. The molecule has 7 saturated heterocycles. The first-order valence-electron chi connectivity index (χ1n) is 35.2. The number of carbonyl (C=O) groups excluding carboxylic acids is 4. The number of carboxylic acid groups (broad SMARTS) is 2. The van der Waals surface area contributed by atoms with E-state index in [1.165, 1.54) is 6.92 Å². The summed E-state index contributed by atoms with van der Waals surface area (Å²) in [4.78, 5) is 77.6. The van der Waals surface area contributed by atoms with Gasteiger partial charge in [0.25, 0.3) is 11.6 Å². The summed E-state index contributed by atoms with van der Waals surface area (Å²) in [6.45, 7) is -5.56. The van der Waals surface area contributed by atoms with Crippen LogP contribution >= 0.6 is 0 Å². The maximum atomic E-state index is 13.8. The van der Waals surface area contributed by atoms with Gasteiger partial charge in [0.1, 0.15) is 171 Å². The van der Waals surface area contributed by atoms with Gasteiger partial charge < -0.3 is 220 Å². The zero-order valence-electron chi connectivity index (χ0n) is 60.4. The summed E-state index contributed by atoms with van der Waals surface area (Å²) in [6, 6.07) is -7.72. The Balaban J connectivity index is 1.28. The van der Waals surface area contributed by atoms with Crippen LogP contribution in [0.5, 0.6) is 0 Å². The molecule has 41 atom stereocenters. The maximum absolute atomic E-state index is 13.8. The predicted octanol–water partition coefficient (Wildman–Crippen LogP) is -18.8. The fourth-order valence-corrected chi connectivity index (χ4v) is 13.9. The van der Waals surface area contributed by atoms with E-state index in [9.17, 15) is 162 Å². The fourth-order valence-electron chi connectivity index (χ4n) is 13.9. The molecule has 0 spiro atoms. The maximum Gasteiger partial charge on any atom is 0.364 e. The summed E-state index contributed by atoms with van der Waals surface area (Å²) in [5, 5.41) is 297. The number of aliphatic hydroxyl groups is 24. The summed E-state index contributed by atoms with van der Waals surface area (Å²) in [7, 11) is 0. The summed E-state index contributed by atoms with van der Waals surface area (Å²) < 4.78 is 82.9. The van der Waals surface area contributed by atoms with Crippen molar-refractivity contribution < 1.29 is 228 Å². The number of aliphatic hydroxyl groups excluding tert-OH is 24. The second-order valence-corrected chi connectivity index (χ2v) is 28.0. The number of aliphatic carboxylic acids is 2. The van der Waals surface area contributed by atoms with Gasteiger partial charge in [-0.2, -0.15) is 0 Å². The van der Waals surface area contributed by atoms with Gasteiger partial charge in [-0.25, -0.2) is 9.59 Å². The van der Waals surface area contributed by atoms with Gasteiger partial charge in [0.2, 0.25) is 23.6 Å². The van der Waals surface area contributed by atoms with Crippen LogP contribution in [0.4, 0.5) is 0 Å². The second-order valence-electron chi connectivity index (χ2n) is 28.0. The van der Waals surface area contributed by atoms with Crippen molar-refractivity contribution in [2.24, 2.45) is 0 Å².